The van der Waals surface area contributed by atoms with Crippen molar-refractivity contribution in [2.45, 2.75) is 82.5 Å². The second kappa shape index (κ2) is 12.8. The summed E-state index contributed by atoms with van der Waals surface area (Å²) in [7, 11) is 0. The molecule has 0 saturated carbocycles. The molecular weight excluding hydrogens is 516 g/mol. The molecule has 2 N–H and O–H groups in total. The van der Waals surface area contributed by atoms with Gasteiger partial charge in [-0.25, -0.2) is 4.98 Å². The molecule has 37 heavy (non-hydrogen) atoms. The molecular formula is C25H31F6N5S. The standard InChI is InChI=1S/C25H31F6N5S/c1-3-5-7-9-16(8-6-4-2)10-11-37-17-12-18(20-14-22(35-33-20)24(26,27)28)32-19(13-17)21-15-23(36-34-21)25(29,30)31/h12-16H,3-11H2,1-2H3,(H,33,35)(H,34,36). The number of nitrogens with one attached hydrogen (secondary N) is 2. The van der Waals surface area contributed by atoms with Crippen molar-refractivity contribution in [3.63, 3.8) is 0 Å². The molecule has 0 spiro atoms. The van der Waals surface area contributed by atoms with Crippen LogP contribution in [0.25, 0.3) is 22.8 Å². The average Bonchev–Trinajstić information content (AvgIpc) is 3.52. The highest BCUT2D eigenvalue weighted by atomic mass is 32.2. The number of unbranched alkanes of at least 4 members (excludes halogenated alkanes) is 3. The molecule has 12 heteroatoms. The van der Waals surface area contributed by atoms with Crippen LogP contribution in [0.3, 0.4) is 0 Å². The van der Waals surface area contributed by atoms with Gasteiger partial charge in [-0.3, -0.25) is 10.2 Å². The van der Waals surface area contributed by atoms with Gasteiger partial charge in [0.1, 0.15) is 0 Å². The zero-order valence-corrected chi connectivity index (χ0v) is 21.6. The summed E-state index contributed by atoms with van der Waals surface area (Å²) in [6.07, 6.45) is -0.170. The highest BCUT2D eigenvalue weighted by Gasteiger charge is 2.35. The number of thioether (sulfide) groups is 1. The fourth-order valence-corrected chi connectivity index (χ4v) is 5.09. The van der Waals surface area contributed by atoms with E-state index in [1.54, 1.807) is 12.1 Å². The molecule has 204 valence electrons. The Hall–Kier alpha value is -2.50. The van der Waals surface area contributed by atoms with Gasteiger partial charge in [-0.1, -0.05) is 58.8 Å². The highest BCUT2D eigenvalue weighted by molar-refractivity contribution is 7.99. The van der Waals surface area contributed by atoms with Crippen LogP contribution in [0.1, 0.15) is 76.6 Å². The van der Waals surface area contributed by atoms with Gasteiger partial charge in [0.25, 0.3) is 0 Å². The van der Waals surface area contributed by atoms with E-state index < -0.39 is 23.7 Å². The molecule has 0 aliphatic rings. The molecule has 3 heterocycles. The first-order valence-electron chi connectivity index (χ1n) is 12.4. The van der Waals surface area contributed by atoms with Crippen LogP contribution in [0.4, 0.5) is 26.3 Å². The third-order valence-corrected chi connectivity index (χ3v) is 7.07. The first kappa shape index (κ1) is 29.1. The van der Waals surface area contributed by atoms with Crippen LogP contribution < -0.4 is 0 Å². The predicted molar refractivity (Wildman–Crippen MR) is 132 cm³/mol. The lowest BCUT2D eigenvalue weighted by molar-refractivity contribution is -0.142. The third-order valence-electron chi connectivity index (χ3n) is 6.06. The van der Waals surface area contributed by atoms with E-state index in [9.17, 15) is 26.3 Å². The minimum Gasteiger partial charge on any atom is -0.276 e. The minimum absolute atomic E-state index is 0.0203. The summed E-state index contributed by atoms with van der Waals surface area (Å²) in [6.45, 7) is 4.33. The normalized spacial score (nSPS) is 13.3. The maximum atomic E-state index is 13.1. The van der Waals surface area contributed by atoms with Gasteiger partial charge in [0, 0.05) is 4.90 Å². The molecule has 5 nitrogen and oxygen atoms in total. The maximum absolute atomic E-state index is 13.1. The Labute approximate surface area is 216 Å². The van der Waals surface area contributed by atoms with Gasteiger partial charge in [0.05, 0.1) is 22.8 Å². The Morgan fingerprint density at radius 1 is 0.730 bits per heavy atom. The van der Waals surface area contributed by atoms with Crippen molar-refractivity contribution in [2.75, 3.05) is 5.75 Å². The lowest BCUT2D eigenvalue weighted by atomic mass is 9.93. The third kappa shape index (κ3) is 8.51. The van der Waals surface area contributed by atoms with Crippen molar-refractivity contribution in [1.29, 1.82) is 0 Å². The number of H-pyrrole nitrogens is 2. The van der Waals surface area contributed by atoms with Crippen LogP contribution in [0.2, 0.25) is 0 Å². The molecule has 0 amide bonds. The van der Waals surface area contributed by atoms with Crippen LogP contribution in [-0.2, 0) is 12.4 Å². The van der Waals surface area contributed by atoms with Gasteiger partial charge in [-0.15, -0.1) is 11.8 Å². The monoisotopic (exact) mass is 547 g/mol. The Kier molecular flexibility index (Phi) is 10.1. The summed E-state index contributed by atoms with van der Waals surface area (Å²) < 4.78 is 78.4. The number of alkyl halides is 6. The molecule has 0 aromatic carbocycles. The van der Waals surface area contributed by atoms with Gasteiger partial charge < -0.3 is 0 Å². The number of halogens is 6. The molecule has 3 aromatic heterocycles. The first-order chi connectivity index (χ1) is 17.5. The van der Waals surface area contributed by atoms with E-state index in [1.807, 2.05) is 0 Å². The zero-order valence-electron chi connectivity index (χ0n) is 20.8. The Morgan fingerprint density at radius 2 is 1.24 bits per heavy atom. The number of rotatable bonds is 13. The van der Waals surface area contributed by atoms with Crippen LogP contribution >= 0.6 is 11.8 Å². The van der Waals surface area contributed by atoms with Crippen molar-refractivity contribution in [3.8, 4) is 22.8 Å². The Morgan fingerprint density at radius 3 is 1.70 bits per heavy atom. The van der Waals surface area contributed by atoms with Gasteiger partial charge in [-0.2, -0.15) is 36.5 Å². The van der Waals surface area contributed by atoms with Gasteiger partial charge >= 0.3 is 12.4 Å². The van der Waals surface area contributed by atoms with E-state index in [2.05, 4.69) is 39.2 Å². The van der Waals surface area contributed by atoms with Crippen molar-refractivity contribution in [2.24, 2.45) is 5.92 Å². The smallest absolute Gasteiger partial charge is 0.276 e. The van der Waals surface area contributed by atoms with Crippen LogP contribution in [-0.4, -0.2) is 31.1 Å². The van der Waals surface area contributed by atoms with E-state index in [-0.39, 0.29) is 22.8 Å². The average molecular weight is 548 g/mol. The largest absolute Gasteiger partial charge is 0.435 e. The number of hydrogen-bond acceptors (Lipinski definition) is 4. The minimum atomic E-state index is -4.64. The summed E-state index contributed by atoms with van der Waals surface area (Å²) in [5.74, 6) is 1.36. The predicted octanol–water partition coefficient (Wildman–Crippen LogP) is 8.77. The summed E-state index contributed by atoms with van der Waals surface area (Å²) in [6, 6.07) is 4.92. The summed E-state index contributed by atoms with van der Waals surface area (Å²) in [5.41, 5.74) is -1.86. The molecule has 1 atom stereocenters. The topological polar surface area (TPSA) is 70.2 Å². The molecule has 3 rings (SSSR count). The molecule has 0 aliphatic heterocycles. The molecule has 0 bridgehead atoms. The lowest BCUT2D eigenvalue weighted by Gasteiger charge is -2.16. The lowest BCUT2D eigenvalue weighted by Crippen LogP contribution is -2.04. The van der Waals surface area contributed by atoms with Crippen molar-refractivity contribution in [1.82, 2.24) is 25.4 Å². The molecule has 0 aliphatic carbocycles. The quantitative estimate of drug-likeness (QED) is 0.127. The summed E-state index contributed by atoms with van der Waals surface area (Å²) >= 11 is 1.51. The van der Waals surface area contributed by atoms with E-state index in [0.717, 1.165) is 56.4 Å². The Bertz CT molecular complexity index is 1050. The second-order valence-electron chi connectivity index (χ2n) is 9.04. The molecule has 0 radical (unpaired) electrons. The van der Waals surface area contributed by atoms with Gasteiger partial charge in [0.2, 0.25) is 0 Å². The van der Waals surface area contributed by atoms with E-state index >= 15 is 0 Å². The van der Waals surface area contributed by atoms with E-state index in [4.69, 9.17) is 0 Å². The summed E-state index contributed by atoms with van der Waals surface area (Å²) in [4.78, 5) is 5.00. The number of aromatic nitrogens is 5. The number of aromatic amines is 2. The fourth-order valence-electron chi connectivity index (χ4n) is 4.01. The van der Waals surface area contributed by atoms with Crippen molar-refractivity contribution < 1.29 is 26.3 Å². The highest BCUT2D eigenvalue weighted by Crippen LogP contribution is 2.35. The SMILES string of the molecule is CCCCCC(CCCC)CCSc1cc(-c2cc(C(F)(F)F)n[nH]2)nc(-c2cc(C(F)(F)F)n[nH]2)c1. The number of pyridine rings is 1. The van der Waals surface area contributed by atoms with E-state index in [0.29, 0.717) is 10.8 Å². The zero-order chi connectivity index (χ0) is 27.1. The van der Waals surface area contributed by atoms with Crippen LogP contribution in [0, 0.1) is 5.92 Å². The number of nitrogens with zero attached hydrogens (tertiary/aromatic N) is 3. The second-order valence-corrected chi connectivity index (χ2v) is 10.2. The Balaban J connectivity index is 1.85. The molecule has 0 fully saturated rings. The summed E-state index contributed by atoms with van der Waals surface area (Å²) in [5, 5.41) is 11.3. The van der Waals surface area contributed by atoms with Crippen molar-refractivity contribution in [3.05, 3.63) is 35.7 Å². The maximum Gasteiger partial charge on any atom is 0.435 e. The first-order valence-corrected chi connectivity index (χ1v) is 13.4. The van der Waals surface area contributed by atoms with Crippen LogP contribution in [0.15, 0.2) is 29.2 Å². The fraction of sp³-hybridized carbons (Fsp3) is 0.560. The van der Waals surface area contributed by atoms with Gasteiger partial charge in [-0.05, 0) is 42.4 Å². The number of hydrogen-bond donors (Lipinski definition) is 2. The molecule has 0 saturated heterocycles. The van der Waals surface area contributed by atoms with E-state index in [1.165, 1.54) is 24.6 Å². The van der Waals surface area contributed by atoms with Crippen LogP contribution in [0.5, 0.6) is 0 Å². The molecule has 1 unspecified atom stereocenters. The van der Waals surface area contributed by atoms with Crippen molar-refractivity contribution >= 4 is 11.8 Å². The van der Waals surface area contributed by atoms with Gasteiger partial charge in [0.15, 0.2) is 11.4 Å². The molecule has 3 aromatic rings.